The van der Waals surface area contributed by atoms with Crippen LogP contribution in [0.15, 0.2) is 30.3 Å². The monoisotopic (exact) mass is 299 g/mol. The predicted molar refractivity (Wildman–Crippen MR) is 85.4 cm³/mol. The van der Waals surface area contributed by atoms with Crippen LogP contribution in [-0.4, -0.2) is 24.7 Å². The number of amides is 1. The van der Waals surface area contributed by atoms with Crippen LogP contribution < -0.4 is 5.32 Å². The van der Waals surface area contributed by atoms with Gasteiger partial charge in [-0.1, -0.05) is 44.2 Å². The largest absolute Gasteiger partial charge is 0.364 e. The van der Waals surface area contributed by atoms with Crippen molar-refractivity contribution in [3.05, 3.63) is 35.9 Å². The van der Waals surface area contributed by atoms with Gasteiger partial charge in [0.2, 0.25) is 0 Å². The molecule has 3 fully saturated rings. The molecule has 1 heterocycles. The quantitative estimate of drug-likeness (QED) is 0.928. The van der Waals surface area contributed by atoms with Gasteiger partial charge >= 0.3 is 0 Å². The van der Waals surface area contributed by atoms with Gasteiger partial charge in [-0.25, -0.2) is 0 Å². The highest BCUT2D eigenvalue weighted by Crippen LogP contribution is 2.74. The number of nitrogens with one attached hydrogen (secondary N) is 1. The average Bonchev–Trinajstić information content (AvgIpc) is 3.00. The fraction of sp³-hybridized carbons (Fsp3) is 0.632. The third-order valence-corrected chi connectivity index (χ3v) is 7.11. The summed E-state index contributed by atoms with van der Waals surface area (Å²) in [6, 6.07) is 10.3. The van der Waals surface area contributed by atoms with Gasteiger partial charge in [0.1, 0.15) is 0 Å². The minimum absolute atomic E-state index is 0.0154. The fourth-order valence-corrected chi connectivity index (χ4v) is 5.37. The zero-order valence-electron chi connectivity index (χ0n) is 13.5. The number of hydrogen-bond acceptors (Lipinski definition) is 2. The molecule has 0 unspecified atom stereocenters. The number of ether oxygens (including phenoxy) is 1. The van der Waals surface area contributed by atoms with Gasteiger partial charge in [0.05, 0.1) is 6.61 Å². The second-order valence-electron chi connectivity index (χ2n) is 7.80. The maximum Gasteiger partial charge on any atom is 0.252 e. The third-order valence-electron chi connectivity index (χ3n) is 7.11. The van der Waals surface area contributed by atoms with Gasteiger partial charge in [-0.05, 0) is 37.2 Å². The molecule has 3 heteroatoms. The molecule has 0 aromatic heterocycles. The maximum absolute atomic E-state index is 12.9. The lowest BCUT2D eigenvalue weighted by Crippen LogP contribution is -2.55. The van der Waals surface area contributed by atoms with Gasteiger partial charge in [-0.3, -0.25) is 4.79 Å². The molecule has 0 spiro atoms. The van der Waals surface area contributed by atoms with E-state index in [1.54, 1.807) is 0 Å². The Morgan fingerprint density at radius 2 is 2.09 bits per heavy atom. The molecule has 4 atom stereocenters. The van der Waals surface area contributed by atoms with Crippen molar-refractivity contribution < 1.29 is 9.53 Å². The molecule has 4 rings (SSSR count). The molecular formula is C19H25NO2. The second-order valence-corrected chi connectivity index (χ2v) is 7.80. The molecule has 1 N–H and O–H groups in total. The molecule has 0 radical (unpaired) electrons. The van der Waals surface area contributed by atoms with Crippen molar-refractivity contribution in [2.75, 3.05) is 13.2 Å². The van der Waals surface area contributed by atoms with E-state index in [-0.39, 0.29) is 16.7 Å². The Morgan fingerprint density at radius 3 is 2.77 bits per heavy atom. The van der Waals surface area contributed by atoms with Crippen molar-refractivity contribution in [2.24, 2.45) is 16.7 Å². The number of rotatable bonds is 4. The van der Waals surface area contributed by atoms with Crippen molar-refractivity contribution in [1.82, 2.24) is 5.32 Å². The summed E-state index contributed by atoms with van der Waals surface area (Å²) in [4.78, 5) is 12.9. The molecular weight excluding hydrogens is 274 g/mol. The fourth-order valence-electron chi connectivity index (χ4n) is 5.37. The normalized spacial score (nSPS) is 41.8. The lowest BCUT2D eigenvalue weighted by Gasteiger charge is -2.40. The summed E-state index contributed by atoms with van der Waals surface area (Å²) >= 11 is 0. The van der Waals surface area contributed by atoms with Crippen molar-refractivity contribution in [1.29, 1.82) is 0 Å². The average molecular weight is 299 g/mol. The Kier molecular flexibility index (Phi) is 2.96. The first-order chi connectivity index (χ1) is 10.5. The highest BCUT2D eigenvalue weighted by Gasteiger charge is 2.78. The first-order valence-electron chi connectivity index (χ1n) is 8.48. The van der Waals surface area contributed by atoms with Crippen molar-refractivity contribution in [2.45, 2.75) is 45.1 Å². The standard InChI is InChI=1S/C19H25NO2/c1-17-13-22-19(12-15(17)8-10-18(17,19)2)16(21)20-11-9-14-6-4-3-5-7-14/h3-7,15H,8-13H2,1-2H3,(H,20,21)/t15-,17-,18+,19-/m1/s1. The van der Waals surface area contributed by atoms with E-state index in [2.05, 4.69) is 31.3 Å². The van der Waals surface area contributed by atoms with Gasteiger partial charge < -0.3 is 10.1 Å². The van der Waals surface area contributed by atoms with Crippen LogP contribution >= 0.6 is 0 Å². The Balaban J connectivity index is 1.45. The highest BCUT2D eigenvalue weighted by molar-refractivity contribution is 5.88. The summed E-state index contributed by atoms with van der Waals surface area (Å²) in [6.45, 7) is 6.05. The molecule has 3 aliphatic rings. The Labute approximate surface area is 132 Å². The molecule has 1 aliphatic heterocycles. The van der Waals surface area contributed by atoms with Crippen LogP contribution in [0.2, 0.25) is 0 Å². The molecule has 1 aromatic rings. The molecule has 2 saturated carbocycles. The van der Waals surface area contributed by atoms with Gasteiger partial charge in [0.15, 0.2) is 5.60 Å². The van der Waals surface area contributed by atoms with E-state index in [0.717, 1.165) is 25.9 Å². The number of carbonyl (C=O) groups is 1. The summed E-state index contributed by atoms with van der Waals surface area (Å²) in [5, 5.41) is 3.15. The van der Waals surface area contributed by atoms with Crippen LogP contribution in [0.5, 0.6) is 0 Å². The van der Waals surface area contributed by atoms with Crippen LogP contribution in [0, 0.1) is 16.7 Å². The zero-order valence-corrected chi connectivity index (χ0v) is 13.5. The summed E-state index contributed by atoms with van der Waals surface area (Å²) < 4.78 is 6.13. The zero-order chi connectivity index (χ0) is 15.4. The maximum atomic E-state index is 12.9. The first kappa shape index (κ1) is 14.3. The topological polar surface area (TPSA) is 38.3 Å². The Morgan fingerprint density at radius 1 is 1.32 bits per heavy atom. The van der Waals surface area contributed by atoms with Crippen molar-refractivity contribution in [3.63, 3.8) is 0 Å². The predicted octanol–water partition coefficient (Wildman–Crippen LogP) is 2.94. The molecule has 4 bridgehead atoms. The molecule has 1 amide bonds. The molecule has 22 heavy (non-hydrogen) atoms. The lowest BCUT2D eigenvalue weighted by atomic mass is 9.66. The smallest absolute Gasteiger partial charge is 0.252 e. The second kappa shape index (κ2) is 4.58. The van der Waals surface area contributed by atoms with Gasteiger partial charge in [-0.15, -0.1) is 0 Å². The van der Waals surface area contributed by atoms with Crippen LogP contribution in [0.4, 0.5) is 0 Å². The van der Waals surface area contributed by atoms with E-state index >= 15 is 0 Å². The van der Waals surface area contributed by atoms with Crippen molar-refractivity contribution in [3.8, 4) is 0 Å². The minimum Gasteiger partial charge on any atom is -0.364 e. The summed E-state index contributed by atoms with van der Waals surface area (Å²) in [7, 11) is 0. The number of hydrogen-bond donors (Lipinski definition) is 1. The Hall–Kier alpha value is -1.35. The molecule has 2 aliphatic carbocycles. The van der Waals surface area contributed by atoms with Crippen LogP contribution in [0.3, 0.4) is 0 Å². The highest BCUT2D eigenvalue weighted by atomic mass is 16.5. The van der Waals surface area contributed by atoms with Crippen LogP contribution in [0.25, 0.3) is 0 Å². The lowest BCUT2D eigenvalue weighted by molar-refractivity contribution is -0.155. The van der Waals surface area contributed by atoms with Gasteiger partial charge in [-0.2, -0.15) is 0 Å². The SMILES string of the molecule is C[C@@]12CC[C@@H]3C[C@]1(C(=O)NCCc1ccccc1)OC[C@]32C. The van der Waals surface area contributed by atoms with E-state index in [4.69, 9.17) is 4.74 Å². The van der Waals surface area contributed by atoms with E-state index < -0.39 is 5.60 Å². The minimum atomic E-state index is -0.568. The van der Waals surface area contributed by atoms with E-state index in [1.165, 1.54) is 12.0 Å². The molecule has 118 valence electrons. The summed E-state index contributed by atoms with van der Waals surface area (Å²) in [5.41, 5.74) is 0.906. The summed E-state index contributed by atoms with van der Waals surface area (Å²) in [6.07, 6.45) is 4.17. The molecule has 3 nitrogen and oxygen atoms in total. The molecule has 1 saturated heterocycles. The number of carbonyl (C=O) groups excluding carboxylic acids is 1. The van der Waals surface area contributed by atoms with Gasteiger partial charge in [0.25, 0.3) is 5.91 Å². The Bertz CT molecular complexity index is 601. The van der Waals surface area contributed by atoms with Crippen LogP contribution in [0.1, 0.15) is 38.7 Å². The molecule has 1 aromatic carbocycles. The van der Waals surface area contributed by atoms with Gasteiger partial charge in [0, 0.05) is 17.4 Å². The van der Waals surface area contributed by atoms with Crippen LogP contribution in [-0.2, 0) is 16.0 Å². The summed E-state index contributed by atoms with van der Waals surface area (Å²) in [5.74, 6) is 0.781. The van der Waals surface area contributed by atoms with E-state index in [0.29, 0.717) is 12.5 Å². The van der Waals surface area contributed by atoms with E-state index in [9.17, 15) is 4.79 Å². The van der Waals surface area contributed by atoms with Crippen molar-refractivity contribution >= 4 is 5.91 Å². The number of benzene rings is 1. The first-order valence-corrected chi connectivity index (χ1v) is 8.48. The third kappa shape index (κ3) is 1.58. The van der Waals surface area contributed by atoms with E-state index in [1.807, 2.05) is 18.2 Å².